The van der Waals surface area contributed by atoms with E-state index in [9.17, 15) is 9.59 Å². The van der Waals surface area contributed by atoms with E-state index in [1.54, 1.807) is 11.9 Å². The molecular formula is C16H30N2O2. The molecule has 0 aromatic heterocycles. The second-order valence-corrected chi connectivity index (χ2v) is 6.62. The summed E-state index contributed by atoms with van der Waals surface area (Å²) in [6.07, 6.45) is 4.84. The lowest BCUT2D eigenvalue weighted by Crippen LogP contribution is -2.42. The minimum atomic E-state index is -0.141. The molecule has 0 aromatic carbocycles. The van der Waals surface area contributed by atoms with Crippen molar-refractivity contribution in [3.63, 3.8) is 0 Å². The molecule has 1 saturated carbocycles. The van der Waals surface area contributed by atoms with E-state index in [0.717, 1.165) is 12.8 Å². The summed E-state index contributed by atoms with van der Waals surface area (Å²) in [6.45, 7) is 9.15. The van der Waals surface area contributed by atoms with Crippen LogP contribution in [0.2, 0.25) is 0 Å². The van der Waals surface area contributed by atoms with Crippen molar-refractivity contribution in [1.82, 2.24) is 10.2 Å². The molecule has 4 heteroatoms. The van der Waals surface area contributed by atoms with Gasteiger partial charge in [0.25, 0.3) is 0 Å². The Morgan fingerprint density at radius 1 is 1.25 bits per heavy atom. The molecule has 0 radical (unpaired) electrons. The van der Waals surface area contributed by atoms with Crippen molar-refractivity contribution in [1.29, 1.82) is 0 Å². The molecular weight excluding hydrogens is 252 g/mol. The van der Waals surface area contributed by atoms with E-state index >= 15 is 0 Å². The van der Waals surface area contributed by atoms with E-state index in [4.69, 9.17) is 0 Å². The molecule has 2 aliphatic rings. The van der Waals surface area contributed by atoms with Gasteiger partial charge in [-0.05, 0) is 31.1 Å². The lowest BCUT2D eigenvalue weighted by atomic mass is 9.75. The predicted octanol–water partition coefficient (Wildman–Crippen LogP) is 2.58. The van der Waals surface area contributed by atoms with E-state index in [-0.39, 0.29) is 17.7 Å². The number of carbonyl (C=O) groups is 2. The normalized spacial score (nSPS) is 25.9. The van der Waals surface area contributed by atoms with Gasteiger partial charge < -0.3 is 10.2 Å². The molecule has 2 fully saturated rings. The molecule has 0 bridgehead atoms. The van der Waals surface area contributed by atoms with Crippen molar-refractivity contribution in [2.24, 2.45) is 11.3 Å². The molecule has 20 heavy (non-hydrogen) atoms. The van der Waals surface area contributed by atoms with E-state index in [1.165, 1.54) is 12.8 Å². The largest absolute Gasteiger partial charge is 0.353 e. The van der Waals surface area contributed by atoms with Crippen LogP contribution in [0.3, 0.4) is 0 Å². The fourth-order valence-corrected chi connectivity index (χ4v) is 2.90. The number of hydrogen-bond donors (Lipinski definition) is 1. The van der Waals surface area contributed by atoms with Gasteiger partial charge in [-0.1, -0.05) is 27.7 Å². The molecule has 1 atom stereocenters. The Balaban J connectivity index is 0.000000956. The summed E-state index contributed by atoms with van der Waals surface area (Å²) in [4.78, 5) is 25.1. The molecule has 1 aliphatic carbocycles. The van der Waals surface area contributed by atoms with E-state index in [0.29, 0.717) is 24.4 Å². The van der Waals surface area contributed by atoms with Crippen molar-refractivity contribution in [3.05, 3.63) is 0 Å². The third-order valence-electron chi connectivity index (χ3n) is 4.40. The van der Waals surface area contributed by atoms with Crippen molar-refractivity contribution in [2.75, 3.05) is 13.6 Å². The van der Waals surface area contributed by atoms with Crippen molar-refractivity contribution in [3.8, 4) is 0 Å². The second-order valence-electron chi connectivity index (χ2n) is 6.62. The molecule has 0 spiro atoms. The predicted molar refractivity (Wildman–Crippen MR) is 81.3 cm³/mol. The lowest BCUT2D eigenvalue weighted by molar-refractivity contribution is -0.128. The van der Waals surface area contributed by atoms with Gasteiger partial charge in [-0.25, -0.2) is 0 Å². The van der Waals surface area contributed by atoms with Gasteiger partial charge in [0.05, 0.1) is 5.92 Å². The smallest absolute Gasteiger partial charge is 0.225 e. The highest BCUT2D eigenvalue weighted by Crippen LogP contribution is 2.35. The highest BCUT2D eigenvalue weighted by molar-refractivity contribution is 5.89. The van der Waals surface area contributed by atoms with E-state index in [2.05, 4.69) is 19.2 Å². The highest BCUT2D eigenvalue weighted by Gasteiger charge is 2.34. The topological polar surface area (TPSA) is 49.4 Å². The number of rotatable bonds is 2. The Hall–Kier alpha value is -1.06. The summed E-state index contributed by atoms with van der Waals surface area (Å²) in [7, 11) is 1.76. The maximum Gasteiger partial charge on any atom is 0.225 e. The number of amides is 2. The molecule has 116 valence electrons. The first kappa shape index (κ1) is 17.0. The monoisotopic (exact) mass is 282 g/mol. The van der Waals surface area contributed by atoms with Crippen molar-refractivity contribution >= 4 is 11.8 Å². The van der Waals surface area contributed by atoms with Gasteiger partial charge in [0, 0.05) is 26.1 Å². The van der Waals surface area contributed by atoms with Gasteiger partial charge in [-0.15, -0.1) is 0 Å². The standard InChI is InChI=1S/C14H24N2O2.C2H6/c1-14(2)6-4-11(5-7-14)15-13(18)10-8-12(17)16(3)9-10;1-2/h10-11H,4-9H2,1-3H3,(H,15,18);1-2H3. The molecule has 2 rings (SSSR count). The number of nitrogens with one attached hydrogen (secondary N) is 1. The van der Waals surface area contributed by atoms with Crippen molar-refractivity contribution in [2.45, 2.75) is 65.8 Å². The molecule has 0 aromatic rings. The Morgan fingerprint density at radius 2 is 1.80 bits per heavy atom. The van der Waals surface area contributed by atoms with Gasteiger partial charge in [0.2, 0.25) is 11.8 Å². The summed E-state index contributed by atoms with van der Waals surface area (Å²) in [5.74, 6) is 0.00905. The number of nitrogens with zero attached hydrogens (tertiary/aromatic N) is 1. The zero-order valence-electron chi connectivity index (χ0n) is 13.7. The van der Waals surface area contributed by atoms with Crippen LogP contribution >= 0.6 is 0 Å². The Morgan fingerprint density at radius 3 is 2.25 bits per heavy atom. The van der Waals surface area contributed by atoms with E-state index < -0.39 is 0 Å². The molecule has 1 aliphatic heterocycles. The van der Waals surface area contributed by atoms with Crippen molar-refractivity contribution < 1.29 is 9.59 Å². The quantitative estimate of drug-likeness (QED) is 0.846. The summed E-state index contributed by atoms with van der Waals surface area (Å²) < 4.78 is 0. The van der Waals surface area contributed by atoms with Crippen LogP contribution in [0.15, 0.2) is 0 Å². The molecule has 1 N–H and O–H groups in total. The van der Waals surface area contributed by atoms with Gasteiger partial charge in [-0.2, -0.15) is 0 Å². The van der Waals surface area contributed by atoms with Crippen LogP contribution in [0, 0.1) is 11.3 Å². The molecule has 1 heterocycles. The Bertz CT molecular complexity index is 342. The van der Waals surface area contributed by atoms with E-state index in [1.807, 2.05) is 13.8 Å². The maximum absolute atomic E-state index is 12.1. The average molecular weight is 282 g/mol. The Labute approximate surface area is 123 Å². The Kier molecular flexibility index (Phi) is 6.03. The lowest BCUT2D eigenvalue weighted by Gasteiger charge is -2.35. The fraction of sp³-hybridized carbons (Fsp3) is 0.875. The van der Waals surface area contributed by atoms with Crippen LogP contribution in [0.4, 0.5) is 0 Å². The minimum absolute atomic E-state index is 0.0670. The SMILES string of the molecule is CC.CN1CC(C(=O)NC2CCC(C)(C)CC2)CC1=O. The molecule has 1 saturated heterocycles. The van der Waals surface area contributed by atoms with Crippen LogP contribution in [0.25, 0.3) is 0 Å². The summed E-state index contributed by atoms with van der Waals surface area (Å²) in [5.41, 5.74) is 0.421. The first-order valence-corrected chi connectivity index (χ1v) is 7.92. The number of carbonyl (C=O) groups excluding carboxylic acids is 2. The highest BCUT2D eigenvalue weighted by atomic mass is 16.2. The van der Waals surface area contributed by atoms with Crippen LogP contribution < -0.4 is 5.32 Å². The molecule has 4 nitrogen and oxygen atoms in total. The third kappa shape index (κ3) is 4.50. The van der Waals surface area contributed by atoms with Gasteiger partial charge in [-0.3, -0.25) is 9.59 Å². The van der Waals surface area contributed by atoms with Crippen LogP contribution in [0.5, 0.6) is 0 Å². The minimum Gasteiger partial charge on any atom is -0.353 e. The summed E-state index contributed by atoms with van der Waals surface area (Å²) in [5, 5.41) is 3.12. The van der Waals surface area contributed by atoms with Gasteiger partial charge >= 0.3 is 0 Å². The second kappa shape index (κ2) is 7.09. The zero-order chi connectivity index (χ0) is 15.3. The van der Waals surface area contributed by atoms with Crippen LogP contribution in [-0.4, -0.2) is 36.3 Å². The molecule has 2 amide bonds. The number of likely N-dealkylation sites (tertiary alicyclic amines) is 1. The first-order chi connectivity index (χ1) is 9.37. The van der Waals surface area contributed by atoms with Gasteiger partial charge in [0.15, 0.2) is 0 Å². The van der Waals surface area contributed by atoms with Gasteiger partial charge in [0.1, 0.15) is 0 Å². The fourth-order valence-electron chi connectivity index (χ4n) is 2.90. The maximum atomic E-state index is 12.1. The van der Waals surface area contributed by atoms with Crippen LogP contribution in [-0.2, 0) is 9.59 Å². The zero-order valence-corrected chi connectivity index (χ0v) is 13.7. The summed E-state index contributed by atoms with van der Waals surface area (Å²) in [6, 6.07) is 0.312. The first-order valence-electron chi connectivity index (χ1n) is 7.92. The summed E-state index contributed by atoms with van der Waals surface area (Å²) >= 11 is 0. The number of hydrogen-bond acceptors (Lipinski definition) is 2. The third-order valence-corrected chi connectivity index (χ3v) is 4.40. The average Bonchev–Trinajstić information content (AvgIpc) is 2.75. The molecule has 1 unspecified atom stereocenters. The van der Waals surface area contributed by atoms with Crippen LogP contribution in [0.1, 0.15) is 59.8 Å².